The molecule has 0 bridgehead atoms. The van der Waals surface area contributed by atoms with Gasteiger partial charge in [0.1, 0.15) is 0 Å². The molecule has 6 heteroatoms. The van der Waals surface area contributed by atoms with Crippen molar-refractivity contribution in [2.75, 3.05) is 25.4 Å². The maximum atomic E-state index is 11.8. The molecule has 15 heavy (non-hydrogen) atoms. The van der Waals surface area contributed by atoms with Crippen LogP contribution in [0.15, 0.2) is 0 Å². The lowest BCUT2D eigenvalue weighted by Crippen LogP contribution is -2.27. The van der Waals surface area contributed by atoms with E-state index in [0.717, 1.165) is 25.8 Å². The van der Waals surface area contributed by atoms with Crippen LogP contribution in [0, 0.1) is 5.41 Å². The van der Waals surface area contributed by atoms with E-state index < -0.39 is 5.51 Å². The van der Waals surface area contributed by atoms with E-state index >= 15 is 0 Å². The van der Waals surface area contributed by atoms with Crippen LogP contribution in [-0.4, -0.2) is 36.1 Å². The van der Waals surface area contributed by atoms with Crippen LogP contribution in [0.5, 0.6) is 0 Å². The van der Waals surface area contributed by atoms with Crippen molar-refractivity contribution in [3.63, 3.8) is 0 Å². The Hall–Kier alpha value is 0.0600. The highest BCUT2D eigenvalue weighted by atomic mass is 32.2. The van der Waals surface area contributed by atoms with Crippen molar-refractivity contribution < 1.29 is 18.3 Å². The second-order valence-electron chi connectivity index (χ2n) is 3.94. The number of rotatable bonds is 7. The van der Waals surface area contributed by atoms with E-state index in [1.165, 1.54) is 0 Å². The zero-order valence-corrected chi connectivity index (χ0v) is 9.26. The monoisotopic (exact) mass is 243 g/mol. The second-order valence-corrected chi connectivity index (χ2v) is 5.10. The van der Waals surface area contributed by atoms with Crippen molar-refractivity contribution >= 4 is 11.8 Å². The molecule has 0 aliphatic heterocycles. The Morgan fingerprint density at radius 2 is 2.00 bits per heavy atom. The van der Waals surface area contributed by atoms with E-state index in [1.54, 1.807) is 0 Å². The highest BCUT2D eigenvalue weighted by Crippen LogP contribution is 2.47. The van der Waals surface area contributed by atoms with Crippen molar-refractivity contribution in [3.05, 3.63) is 0 Å². The zero-order chi connectivity index (χ0) is 11.4. The lowest BCUT2D eigenvalue weighted by molar-refractivity contribution is -0.0327. The molecule has 1 aliphatic rings. The Morgan fingerprint density at radius 1 is 1.33 bits per heavy atom. The number of hydrogen-bond acceptors (Lipinski definition) is 3. The predicted octanol–water partition coefficient (Wildman–Crippen LogP) is 1.99. The van der Waals surface area contributed by atoms with Gasteiger partial charge in [-0.05, 0) is 36.4 Å². The van der Waals surface area contributed by atoms with E-state index in [4.69, 9.17) is 5.11 Å². The summed E-state index contributed by atoms with van der Waals surface area (Å²) in [6.45, 7) is 1.27. The molecule has 1 fully saturated rings. The number of aliphatic hydroxyl groups excluding tert-OH is 1. The first kappa shape index (κ1) is 13.1. The first-order valence-electron chi connectivity index (χ1n) is 5.00. The van der Waals surface area contributed by atoms with Gasteiger partial charge in [0.25, 0.3) is 0 Å². The first-order valence-corrected chi connectivity index (χ1v) is 5.98. The molecule has 0 radical (unpaired) electrons. The van der Waals surface area contributed by atoms with Crippen LogP contribution in [-0.2, 0) is 0 Å². The van der Waals surface area contributed by atoms with Crippen molar-refractivity contribution in [2.45, 2.75) is 24.8 Å². The third-order valence-corrected chi connectivity index (χ3v) is 3.38. The molecule has 0 heterocycles. The first-order chi connectivity index (χ1) is 6.97. The van der Waals surface area contributed by atoms with Gasteiger partial charge in [-0.15, -0.1) is 0 Å². The van der Waals surface area contributed by atoms with E-state index in [9.17, 15) is 13.2 Å². The standard InChI is InChI=1S/C9H16F3NOS/c10-9(11,12)15-6-4-13-7-8(1-2-8)3-5-14/h13-14H,1-7H2. The SMILES string of the molecule is OCCC1(CNCCSC(F)(F)F)CC1. The fraction of sp³-hybridized carbons (Fsp3) is 1.00. The van der Waals surface area contributed by atoms with Gasteiger partial charge in [0.15, 0.2) is 0 Å². The number of thioether (sulfide) groups is 1. The van der Waals surface area contributed by atoms with Gasteiger partial charge in [-0.2, -0.15) is 13.2 Å². The Labute approximate surface area is 91.6 Å². The van der Waals surface area contributed by atoms with Crippen molar-refractivity contribution in [1.29, 1.82) is 0 Å². The van der Waals surface area contributed by atoms with Crippen LogP contribution in [0.2, 0.25) is 0 Å². The normalized spacial score (nSPS) is 19.2. The van der Waals surface area contributed by atoms with E-state index in [2.05, 4.69) is 5.32 Å². The molecule has 1 aliphatic carbocycles. The van der Waals surface area contributed by atoms with Crippen LogP contribution in [0.4, 0.5) is 13.2 Å². The minimum absolute atomic E-state index is 0.00603. The molecule has 0 unspecified atom stereocenters. The van der Waals surface area contributed by atoms with Gasteiger partial charge in [0.2, 0.25) is 0 Å². The maximum absolute atomic E-state index is 11.8. The number of hydrogen-bond donors (Lipinski definition) is 2. The van der Waals surface area contributed by atoms with Crippen LogP contribution >= 0.6 is 11.8 Å². The number of alkyl halides is 3. The summed E-state index contributed by atoms with van der Waals surface area (Å²) in [4.78, 5) is 0. The molecule has 2 N–H and O–H groups in total. The minimum Gasteiger partial charge on any atom is -0.396 e. The van der Waals surface area contributed by atoms with E-state index in [1.807, 2.05) is 0 Å². The van der Waals surface area contributed by atoms with E-state index in [-0.39, 0.29) is 29.5 Å². The van der Waals surface area contributed by atoms with Crippen LogP contribution in [0.25, 0.3) is 0 Å². The van der Waals surface area contributed by atoms with Crippen LogP contribution in [0.3, 0.4) is 0 Å². The van der Waals surface area contributed by atoms with Gasteiger partial charge in [-0.25, -0.2) is 0 Å². The summed E-state index contributed by atoms with van der Waals surface area (Å²) in [6, 6.07) is 0. The lowest BCUT2D eigenvalue weighted by atomic mass is 10.0. The summed E-state index contributed by atoms with van der Waals surface area (Å²) < 4.78 is 35.3. The Morgan fingerprint density at radius 3 is 2.47 bits per heavy atom. The molecule has 0 atom stereocenters. The summed E-state index contributed by atoms with van der Waals surface area (Å²) in [5, 5.41) is 11.8. The molecular formula is C9H16F3NOS. The summed E-state index contributed by atoms with van der Waals surface area (Å²) in [5.41, 5.74) is -3.94. The molecule has 0 amide bonds. The molecule has 1 rings (SSSR count). The average molecular weight is 243 g/mol. The van der Waals surface area contributed by atoms with E-state index in [0.29, 0.717) is 6.54 Å². The third kappa shape index (κ3) is 5.63. The van der Waals surface area contributed by atoms with Gasteiger partial charge < -0.3 is 10.4 Å². The Balaban J connectivity index is 1.98. The maximum Gasteiger partial charge on any atom is 0.441 e. The molecule has 2 nitrogen and oxygen atoms in total. The highest BCUT2D eigenvalue weighted by molar-refractivity contribution is 8.00. The Kier molecular flexibility index (Phi) is 4.73. The van der Waals surface area contributed by atoms with Gasteiger partial charge in [-0.1, -0.05) is 0 Å². The average Bonchev–Trinajstić information content (AvgIpc) is 2.83. The van der Waals surface area contributed by atoms with Crippen LogP contribution < -0.4 is 5.32 Å². The van der Waals surface area contributed by atoms with Gasteiger partial charge in [0, 0.05) is 25.4 Å². The summed E-state index contributed by atoms with van der Waals surface area (Å²) in [6.07, 6.45) is 2.91. The number of nitrogens with one attached hydrogen (secondary N) is 1. The highest BCUT2D eigenvalue weighted by Gasteiger charge is 2.41. The Bertz CT molecular complexity index is 194. The van der Waals surface area contributed by atoms with Gasteiger partial charge >= 0.3 is 5.51 Å². The van der Waals surface area contributed by atoms with Gasteiger partial charge in [0.05, 0.1) is 0 Å². The summed E-state index contributed by atoms with van der Waals surface area (Å²) >= 11 is 0.00603. The lowest BCUT2D eigenvalue weighted by Gasteiger charge is -2.14. The topological polar surface area (TPSA) is 32.3 Å². The van der Waals surface area contributed by atoms with Crippen LogP contribution in [0.1, 0.15) is 19.3 Å². The second kappa shape index (κ2) is 5.41. The molecular weight excluding hydrogens is 227 g/mol. The third-order valence-electron chi connectivity index (χ3n) is 2.64. The van der Waals surface area contributed by atoms with Gasteiger partial charge in [-0.3, -0.25) is 0 Å². The fourth-order valence-corrected chi connectivity index (χ4v) is 2.00. The quantitative estimate of drug-likeness (QED) is 0.671. The van der Waals surface area contributed by atoms with Crippen molar-refractivity contribution in [2.24, 2.45) is 5.41 Å². The summed E-state index contributed by atoms with van der Waals surface area (Å²) in [5.74, 6) is 0.0543. The summed E-state index contributed by atoms with van der Waals surface area (Å²) in [7, 11) is 0. The molecule has 0 aromatic rings. The largest absolute Gasteiger partial charge is 0.441 e. The minimum atomic E-state index is -4.12. The molecule has 0 spiro atoms. The number of aliphatic hydroxyl groups is 1. The molecule has 0 saturated heterocycles. The molecule has 0 aromatic carbocycles. The smallest absolute Gasteiger partial charge is 0.396 e. The van der Waals surface area contributed by atoms with Crippen molar-refractivity contribution in [3.8, 4) is 0 Å². The zero-order valence-electron chi connectivity index (χ0n) is 8.44. The fourth-order valence-electron chi connectivity index (χ4n) is 1.52. The molecule has 1 saturated carbocycles. The number of halogens is 3. The van der Waals surface area contributed by atoms with Crippen molar-refractivity contribution in [1.82, 2.24) is 5.32 Å². The molecule has 90 valence electrons. The molecule has 0 aromatic heterocycles. The predicted molar refractivity (Wildman–Crippen MR) is 54.8 cm³/mol.